The first-order valence-electron chi connectivity index (χ1n) is 10.4. The molecule has 1 N–H and O–H groups in total. The van der Waals surface area contributed by atoms with E-state index in [1.54, 1.807) is 6.92 Å². The fourth-order valence-corrected chi connectivity index (χ4v) is 3.73. The Morgan fingerprint density at radius 2 is 1.83 bits per heavy atom. The predicted molar refractivity (Wildman–Crippen MR) is 109 cm³/mol. The third kappa shape index (κ3) is 7.72. The molecule has 2 amide bonds. The Labute approximate surface area is 172 Å². The van der Waals surface area contributed by atoms with Gasteiger partial charge >= 0.3 is 0 Å². The first-order chi connectivity index (χ1) is 13.8. The third-order valence-corrected chi connectivity index (χ3v) is 5.45. The summed E-state index contributed by atoms with van der Waals surface area (Å²) >= 11 is 0. The standard InChI is InChI=1S/C22H33F2N3O2/c1-16(25-21(28)13-17-7-5-4-6-8-17)22(29)27(12-11-26(2)3)15-18-9-10-19(23)14-20(18)24/h9-10,14,16-17H,4-8,11-13,15H2,1-3H3,(H,25,28). The van der Waals surface area contributed by atoms with Gasteiger partial charge in [0.05, 0.1) is 0 Å². The zero-order chi connectivity index (χ0) is 21.4. The highest BCUT2D eigenvalue weighted by atomic mass is 19.1. The van der Waals surface area contributed by atoms with Gasteiger partial charge in [-0.25, -0.2) is 8.78 Å². The summed E-state index contributed by atoms with van der Waals surface area (Å²) in [4.78, 5) is 28.8. The van der Waals surface area contributed by atoms with Crippen LogP contribution in [0.3, 0.4) is 0 Å². The number of amides is 2. The van der Waals surface area contributed by atoms with Gasteiger partial charge in [0.25, 0.3) is 0 Å². The van der Waals surface area contributed by atoms with Crippen LogP contribution in [0.4, 0.5) is 8.78 Å². The molecule has 5 nitrogen and oxygen atoms in total. The lowest BCUT2D eigenvalue weighted by atomic mass is 9.87. The van der Waals surface area contributed by atoms with Gasteiger partial charge in [0, 0.05) is 37.7 Å². The molecule has 162 valence electrons. The summed E-state index contributed by atoms with van der Waals surface area (Å²) in [6.45, 7) is 2.66. The molecule has 1 atom stereocenters. The molecule has 2 rings (SSSR count). The number of nitrogens with one attached hydrogen (secondary N) is 1. The van der Waals surface area contributed by atoms with Gasteiger partial charge in [-0.05, 0) is 45.8 Å². The first-order valence-corrected chi connectivity index (χ1v) is 10.4. The molecule has 0 aromatic heterocycles. The number of rotatable bonds is 9. The minimum atomic E-state index is -0.697. The second-order valence-corrected chi connectivity index (χ2v) is 8.30. The van der Waals surface area contributed by atoms with E-state index >= 15 is 0 Å². The topological polar surface area (TPSA) is 52.7 Å². The molecule has 1 unspecified atom stereocenters. The molecule has 1 fully saturated rings. The summed E-state index contributed by atoms with van der Waals surface area (Å²) in [5.41, 5.74) is 0.249. The van der Waals surface area contributed by atoms with Gasteiger partial charge in [-0.3, -0.25) is 9.59 Å². The smallest absolute Gasteiger partial charge is 0.245 e. The molecule has 0 heterocycles. The van der Waals surface area contributed by atoms with Gasteiger partial charge in [-0.2, -0.15) is 0 Å². The van der Waals surface area contributed by atoms with Crippen molar-refractivity contribution in [1.29, 1.82) is 0 Å². The monoisotopic (exact) mass is 409 g/mol. The van der Waals surface area contributed by atoms with Crippen molar-refractivity contribution >= 4 is 11.8 Å². The highest BCUT2D eigenvalue weighted by Gasteiger charge is 2.25. The van der Waals surface area contributed by atoms with Crippen LogP contribution in [-0.2, 0) is 16.1 Å². The van der Waals surface area contributed by atoms with Crippen LogP contribution in [0.1, 0.15) is 51.0 Å². The Morgan fingerprint density at radius 1 is 1.14 bits per heavy atom. The van der Waals surface area contributed by atoms with Gasteiger partial charge in [-0.15, -0.1) is 0 Å². The minimum absolute atomic E-state index is 0.0294. The van der Waals surface area contributed by atoms with Crippen LogP contribution in [0, 0.1) is 17.6 Å². The molecular weight excluding hydrogens is 376 g/mol. The lowest BCUT2D eigenvalue weighted by Crippen LogP contribution is -2.48. The summed E-state index contributed by atoms with van der Waals surface area (Å²) in [7, 11) is 3.77. The molecule has 0 aliphatic heterocycles. The van der Waals surface area contributed by atoms with Crippen molar-refractivity contribution in [2.24, 2.45) is 5.92 Å². The maximum absolute atomic E-state index is 14.1. The van der Waals surface area contributed by atoms with Gasteiger partial charge < -0.3 is 15.1 Å². The molecule has 1 aromatic rings. The van der Waals surface area contributed by atoms with E-state index in [1.807, 2.05) is 19.0 Å². The number of halogens is 2. The molecule has 29 heavy (non-hydrogen) atoms. The average molecular weight is 410 g/mol. The van der Waals surface area contributed by atoms with Crippen molar-refractivity contribution in [2.45, 2.75) is 58.0 Å². The zero-order valence-corrected chi connectivity index (χ0v) is 17.7. The van der Waals surface area contributed by atoms with Crippen molar-refractivity contribution in [1.82, 2.24) is 15.1 Å². The van der Waals surface area contributed by atoms with Gasteiger partial charge in [0.2, 0.25) is 11.8 Å². The maximum Gasteiger partial charge on any atom is 0.245 e. The van der Waals surface area contributed by atoms with Crippen molar-refractivity contribution < 1.29 is 18.4 Å². The number of hydrogen-bond donors (Lipinski definition) is 1. The van der Waals surface area contributed by atoms with E-state index in [2.05, 4.69) is 5.32 Å². The van der Waals surface area contributed by atoms with E-state index in [9.17, 15) is 18.4 Å². The summed E-state index contributed by atoms with van der Waals surface area (Å²) in [6, 6.07) is 2.66. The number of carbonyl (C=O) groups excluding carboxylic acids is 2. The minimum Gasteiger partial charge on any atom is -0.345 e. The zero-order valence-electron chi connectivity index (χ0n) is 17.7. The van der Waals surface area contributed by atoms with Gasteiger partial charge in [0.1, 0.15) is 17.7 Å². The Kier molecular flexibility index (Phi) is 9.01. The second kappa shape index (κ2) is 11.2. The van der Waals surface area contributed by atoms with Gasteiger partial charge in [-0.1, -0.05) is 25.3 Å². The van der Waals surface area contributed by atoms with Crippen LogP contribution < -0.4 is 5.32 Å². The Balaban J connectivity index is 1.99. The van der Waals surface area contributed by atoms with Crippen LogP contribution >= 0.6 is 0 Å². The SMILES string of the molecule is CC(NC(=O)CC1CCCCC1)C(=O)N(CCN(C)C)Cc1ccc(F)cc1F. The molecule has 1 aliphatic carbocycles. The van der Waals surface area contributed by atoms with E-state index in [1.165, 1.54) is 23.5 Å². The highest BCUT2D eigenvalue weighted by Crippen LogP contribution is 2.26. The number of hydrogen-bond acceptors (Lipinski definition) is 3. The average Bonchev–Trinajstić information content (AvgIpc) is 2.66. The molecule has 0 bridgehead atoms. The molecule has 1 saturated carbocycles. The number of carbonyl (C=O) groups is 2. The Hall–Kier alpha value is -2.02. The molecule has 0 saturated heterocycles. The molecule has 0 radical (unpaired) electrons. The third-order valence-electron chi connectivity index (χ3n) is 5.45. The fourth-order valence-electron chi connectivity index (χ4n) is 3.73. The quantitative estimate of drug-likeness (QED) is 0.681. The van der Waals surface area contributed by atoms with Crippen LogP contribution in [0.5, 0.6) is 0 Å². The largest absolute Gasteiger partial charge is 0.345 e. The first kappa shape index (κ1) is 23.3. The summed E-state index contributed by atoms with van der Waals surface area (Å²) < 4.78 is 27.3. The highest BCUT2D eigenvalue weighted by molar-refractivity contribution is 5.87. The predicted octanol–water partition coefficient (Wildman–Crippen LogP) is 3.33. The Bertz CT molecular complexity index is 691. The normalized spacial score (nSPS) is 15.9. The fraction of sp³-hybridized carbons (Fsp3) is 0.636. The van der Waals surface area contributed by atoms with Crippen molar-refractivity contribution in [3.05, 3.63) is 35.4 Å². The summed E-state index contributed by atoms with van der Waals surface area (Å²) in [6.07, 6.45) is 6.13. The molecule has 1 aromatic carbocycles. The number of likely N-dealkylation sites (N-methyl/N-ethyl adjacent to an activating group) is 1. The lowest BCUT2D eigenvalue weighted by Gasteiger charge is -2.28. The lowest BCUT2D eigenvalue weighted by molar-refractivity contribution is -0.137. The second-order valence-electron chi connectivity index (χ2n) is 8.30. The van der Waals surface area contributed by atoms with Crippen LogP contribution in [-0.4, -0.2) is 54.8 Å². The van der Waals surface area contributed by atoms with Crippen LogP contribution in [0.15, 0.2) is 18.2 Å². The van der Waals surface area contributed by atoms with E-state index < -0.39 is 17.7 Å². The molecule has 1 aliphatic rings. The van der Waals surface area contributed by atoms with Gasteiger partial charge in [0.15, 0.2) is 0 Å². The van der Waals surface area contributed by atoms with E-state index in [4.69, 9.17) is 0 Å². The van der Waals surface area contributed by atoms with E-state index in [-0.39, 0.29) is 23.9 Å². The van der Waals surface area contributed by atoms with Crippen molar-refractivity contribution in [3.63, 3.8) is 0 Å². The maximum atomic E-state index is 14.1. The van der Waals surface area contributed by atoms with Crippen LogP contribution in [0.2, 0.25) is 0 Å². The van der Waals surface area contributed by atoms with Crippen LogP contribution in [0.25, 0.3) is 0 Å². The number of benzene rings is 1. The van der Waals surface area contributed by atoms with Crippen molar-refractivity contribution in [2.75, 3.05) is 27.2 Å². The number of nitrogens with zero attached hydrogens (tertiary/aromatic N) is 2. The molecular formula is C22H33F2N3O2. The van der Waals surface area contributed by atoms with Crippen molar-refractivity contribution in [3.8, 4) is 0 Å². The molecule has 7 heteroatoms. The summed E-state index contributed by atoms with van der Waals surface area (Å²) in [5, 5.41) is 2.81. The van der Waals surface area contributed by atoms with E-state index in [0.29, 0.717) is 25.4 Å². The molecule has 0 spiro atoms. The Morgan fingerprint density at radius 3 is 2.45 bits per heavy atom. The summed E-state index contributed by atoms with van der Waals surface area (Å²) in [5.74, 6) is -1.32. The van der Waals surface area contributed by atoms with E-state index in [0.717, 1.165) is 31.7 Å².